The second kappa shape index (κ2) is 8.45. The lowest BCUT2D eigenvalue weighted by Crippen LogP contribution is -2.27. The Morgan fingerprint density at radius 1 is 1.19 bits per heavy atom. The van der Waals surface area contributed by atoms with Crippen molar-refractivity contribution in [2.45, 2.75) is 31.5 Å². The maximum absolute atomic E-state index is 11.9. The number of carbonyl (C=O) groups is 1. The van der Waals surface area contributed by atoms with Gasteiger partial charge in [-0.15, -0.1) is 11.3 Å². The van der Waals surface area contributed by atoms with Crippen molar-refractivity contribution in [3.05, 3.63) is 62.8 Å². The molecule has 2 unspecified atom stereocenters. The largest absolute Gasteiger partial charge is 0.478 e. The highest BCUT2D eigenvalue weighted by atomic mass is 35.5. The first-order chi connectivity index (χ1) is 17.5. The van der Waals surface area contributed by atoms with Crippen molar-refractivity contribution >= 4 is 56.4 Å². The Labute approximate surface area is 220 Å². The van der Waals surface area contributed by atoms with Gasteiger partial charge in [0.1, 0.15) is 11.5 Å². The molecule has 184 valence electrons. The van der Waals surface area contributed by atoms with Crippen LogP contribution in [0.2, 0.25) is 10.0 Å². The number of nitrogens with zero attached hydrogens (tertiary/aromatic N) is 3. The molecule has 0 bridgehead atoms. The number of thiazole rings is 1. The molecule has 2 aliphatic carbocycles. The minimum absolute atomic E-state index is 0.119. The molecule has 36 heavy (non-hydrogen) atoms. The lowest BCUT2D eigenvalue weighted by atomic mass is 10.0. The van der Waals surface area contributed by atoms with Crippen LogP contribution in [-0.4, -0.2) is 40.4 Å². The quantitative estimate of drug-likeness (QED) is 0.286. The Morgan fingerprint density at radius 2 is 1.94 bits per heavy atom. The second-order valence-corrected chi connectivity index (χ2v) is 11.4. The fourth-order valence-electron chi connectivity index (χ4n) is 5.47. The molecule has 4 aromatic rings. The Morgan fingerprint density at radius 3 is 2.64 bits per heavy atom. The van der Waals surface area contributed by atoms with E-state index in [2.05, 4.69) is 15.0 Å². The zero-order valence-electron chi connectivity index (χ0n) is 19.0. The highest BCUT2D eigenvalue weighted by Gasteiger charge is 2.57. The van der Waals surface area contributed by atoms with E-state index in [0.29, 0.717) is 51.2 Å². The SMILES string of the molecule is O=C(O)c1cc2scnc2cc1N1CC2C(C1)C2OCc1c(-c2c(Cl)cccc2Cl)noc1C1CC1. The van der Waals surface area contributed by atoms with E-state index < -0.39 is 5.97 Å². The summed E-state index contributed by atoms with van der Waals surface area (Å²) in [6.45, 7) is 1.90. The van der Waals surface area contributed by atoms with E-state index in [9.17, 15) is 9.90 Å². The van der Waals surface area contributed by atoms with Crippen molar-refractivity contribution in [1.82, 2.24) is 10.1 Å². The summed E-state index contributed by atoms with van der Waals surface area (Å²) in [5.41, 5.74) is 5.90. The van der Waals surface area contributed by atoms with Gasteiger partial charge < -0.3 is 19.3 Å². The van der Waals surface area contributed by atoms with E-state index in [-0.39, 0.29) is 6.10 Å². The molecule has 7 rings (SSSR count). The number of halogens is 2. The van der Waals surface area contributed by atoms with Crippen LogP contribution < -0.4 is 4.90 Å². The first-order valence-electron chi connectivity index (χ1n) is 11.9. The third-order valence-electron chi connectivity index (χ3n) is 7.52. The number of benzene rings is 2. The molecular formula is C26H21Cl2N3O4S. The lowest BCUT2D eigenvalue weighted by molar-refractivity contribution is 0.0697. The molecule has 10 heteroatoms. The molecule has 3 aliphatic rings. The van der Waals surface area contributed by atoms with Crippen molar-refractivity contribution < 1.29 is 19.2 Å². The Hall–Kier alpha value is -2.65. The number of carboxylic acid groups (broad SMARTS) is 1. The fraction of sp³-hybridized carbons (Fsp3) is 0.346. The molecule has 0 amide bonds. The van der Waals surface area contributed by atoms with Gasteiger partial charge in [-0.05, 0) is 37.1 Å². The lowest BCUT2D eigenvalue weighted by Gasteiger charge is -2.24. The van der Waals surface area contributed by atoms with Crippen LogP contribution in [0.25, 0.3) is 21.5 Å². The molecule has 1 aliphatic heterocycles. The summed E-state index contributed by atoms with van der Waals surface area (Å²) < 4.78 is 13.0. The molecule has 7 nitrogen and oxygen atoms in total. The first kappa shape index (κ1) is 22.5. The van der Waals surface area contributed by atoms with Crippen LogP contribution in [-0.2, 0) is 11.3 Å². The summed E-state index contributed by atoms with van der Waals surface area (Å²) >= 11 is 14.4. The molecule has 2 aromatic heterocycles. The van der Waals surface area contributed by atoms with Crippen molar-refractivity contribution in [3.8, 4) is 11.3 Å². The van der Waals surface area contributed by atoms with Crippen molar-refractivity contribution in [3.63, 3.8) is 0 Å². The van der Waals surface area contributed by atoms with Gasteiger partial charge in [0.25, 0.3) is 0 Å². The Kier molecular flexibility index (Phi) is 5.29. The van der Waals surface area contributed by atoms with Crippen molar-refractivity contribution in [2.75, 3.05) is 18.0 Å². The highest BCUT2D eigenvalue weighted by Crippen LogP contribution is 2.51. The van der Waals surface area contributed by atoms with E-state index in [4.69, 9.17) is 32.5 Å². The normalized spacial score (nSPS) is 22.8. The Balaban J connectivity index is 1.09. The van der Waals surface area contributed by atoms with Gasteiger partial charge in [-0.25, -0.2) is 9.78 Å². The number of aromatic carboxylic acids is 1. The summed E-state index contributed by atoms with van der Waals surface area (Å²) in [7, 11) is 0. The summed E-state index contributed by atoms with van der Waals surface area (Å²) in [6, 6.07) is 9.04. The van der Waals surface area contributed by atoms with Gasteiger partial charge in [0.2, 0.25) is 0 Å². The molecule has 2 atom stereocenters. The highest BCUT2D eigenvalue weighted by molar-refractivity contribution is 7.16. The molecule has 2 aromatic carbocycles. The number of hydrogen-bond acceptors (Lipinski definition) is 7. The molecule has 0 radical (unpaired) electrons. The van der Waals surface area contributed by atoms with Crippen molar-refractivity contribution in [1.29, 1.82) is 0 Å². The number of fused-ring (bicyclic) bond motifs is 2. The minimum atomic E-state index is -0.917. The van der Waals surface area contributed by atoms with E-state index in [1.165, 1.54) is 11.3 Å². The van der Waals surface area contributed by atoms with Gasteiger partial charge in [-0.3, -0.25) is 0 Å². The number of piperidine rings is 1. The Bertz CT molecular complexity index is 1480. The standard InChI is InChI=1S/C26H21Cl2N3O4S/c27-17-2-1-3-18(28)22(17)23-16(24(35-30-23)12-4-5-12)10-34-25-14-8-31(9-15(14)25)20-7-19-21(36-11-29-19)6-13(20)26(32)33/h1-3,6-7,11-12,14-15,25H,4-5,8-10H2,(H,32,33). The molecular weight excluding hydrogens is 521 g/mol. The average Bonchev–Trinajstić information content (AvgIpc) is 3.60. The van der Waals surface area contributed by atoms with Crippen LogP contribution in [0.5, 0.6) is 0 Å². The van der Waals surface area contributed by atoms with Crippen LogP contribution in [0.3, 0.4) is 0 Å². The average molecular weight is 542 g/mol. The van der Waals surface area contributed by atoms with E-state index in [1.807, 2.05) is 12.1 Å². The number of carboxylic acids is 1. The molecule has 1 saturated heterocycles. The first-order valence-corrected chi connectivity index (χ1v) is 13.5. The number of anilines is 1. The molecule has 1 N–H and O–H groups in total. The zero-order chi connectivity index (χ0) is 24.6. The summed E-state index contributed by atoms with van der Waals surface area (Å²) in [5.74, 6) is 1.04. The molecule has 0 spiro atoms. The van der Waals surface area contributed by atoms with Gasteiger partial charge >= 0.3 is 5.97 Å². The van der Waals surface area contributed by atoms with Gasteiger partial charge in [0.15, 0.2) is 0 Å². The van der Waals surface area contributed by atoms with E-state index >= 15 is 0 Å². The number of aromatic nitrogens is 2. The summed E-state index contributed by atoms with van der Waals surface area (Å²) in [5, 5.41) is 15.2. The third-order valence-corrected chi connectivity index (χ3v) is 8.94. The number of rotatable bonds is 7. The van der Waals surface area contributed by atoms with Crippen molar-refractivity contribution in [2.24, 2.45) is 11.8 Å². The summed E-state index contributed by atoms with van der Waals surface area (Å²) in [4.78, 5) is 18.4. The molecule has 3 fully saturated rings. The predicted octanol–water partition coefficient (Wildman–Crippen LogP) is 6.49. The van der Waals surface area contributed by atoms with Crippen LogP contribution in [0.15, 0.2) is 40.4 Å². The monoisotopic (exact) mass is 541 g/mol. The smallest absolute Gasteiger partial charge is 0.337 e. The van der Waals surface area contributed by atoms with Gasteiger partial charge in [-0.2, -0.15) is 0 Å². The van der Waals surface area contributed by atoms with Crippen LogP contribution in [0, 0.1) is 11.8 Å². The topological polar surface area (TPSA) is 88.7 Å². The van der Waals surface area contributed by atoms with E-state index in [1.54, 1.807) is 23.7 Å². The second-order valence-electron chi connectivity index (χ2n) is 9.75. The molecule has 2 saturated carbocycles. The van der Waals surface area contributed by atoms with Gasteiger partial charge in [0.05, 0.1) is 49.7 Å². The van der Waals surface area contributed by atoms with Gasteiger partial charge in [-0.1, -0.05) is 34.4 Å². The summed E-state index contributed by atoms with van der Waals surface area (Å²) in [6.07, 6.45) is 2.28. The fourth-order valence-corrected chi connectivity index (χ4v) is 6.74. The number of hydrogen-bond donors (Lipinski definition) is 1. The van der Waals surface area contributed by atoms with Crippen LogP contribution in [0.1, 0.15) is 40.4 Å². The van der Waals surface area contributed by atoms with Crippen LogP contribution in [0.4, 0.5) is 5.69 Å². The predicted molar refractivity (Wildman–Crippen MR) is 138 cm³/mol. The van der Waals surface area contributed by atoms with Gasteiger partial charge in [0, 0.05) is 42.0 Å². The third kappa shape index (κ3) is 3.70. The maximum atomic E-state index is 11.9. The van der Waals surface area contributed by atoms with E-state index in [0.717, 1.165) is 53.2 Å². The zero-order valence-corrected chi connectivity index (χ0v) is 21.3. The number of ether oxygens (including phenoxy) is 1. The molecule has 3 heterocycles. The maximum Gasteiger partial charge on any atom is 0.337 e. The minimum Gasteiger partial charge on any atom is -0.478 e. The van der Waals surface area contributed by atoms with Crippen LogP contribution >= 0.6 is 34.5 Å².